The molecule has 1 fully saturated rings. The quantitative estimate of drug-likeness (QED) is 0.744. The molecule has 0 aliphatic carbocycles. The number of fused-ring (bicyclic) bond motifs is 1. The van der Waals surface area contributed by atoms with Crippen LogP contribution in [0.1, 0.15) is 18.9 Å². The van der Waals surface area contributed by atoms with E-state index in [2.05, 4.69) is 52.8 Å². The lowest BCUT2D eigenvalue weighted by Crippen LogP contribution is -2.29. The van der Waals surface area contributed by atoms with Gasteiger partial charge in [-0.2, -0.15) is 0 Å². The topological polar surface area (TPSA) is 49.2 Å². The Morgan fingerprint density at radius 3 is 2.91 bits per heavy atom. The number of methoxy groups -OCH3 is 1. The van der Waals surface area contributed by atoms with E-state index in [1.54, 1.807) is 7.11 Å². The molecule has 1 saturated heterocycles. The van der Waals surface area contributed by atoms with Gasteiger partial charge < -0.3 is 9.47 Å². The lowest BCUT2D eigenvalue weighted by Gasteiger charge is -2.28. The highest BCUT2D eigenvalue weighted by Crippen LogP contribution is 2.27. The Balaban J connectivity index is 1.61. The third-order valence-electron chi connectivity index (χ3n) is 4.41. The van der Waals surface area contributed by atoms with Crippen LogP contribution < -0.4 is 0 Å². The van der Waals surface area contributed by atoms with Crippen LogP contribution in [0, 0.1) is 0 Å². The molecule has 4 rings (SSSR count). The van der Waals surface area contributed by atoms with Crippen molar-refractivity contribution >= 4 is 10.8 Å². The number of rotatable bonds is 3. The maximum Gasteiger partial charge on any atom is 0.159 e. The van der Waals surface area contributed by atoms with Crippen molar-refractivity contribution in [3.63, 3.8) is 0 Å². The summed E-state index contributed by atoms with van der Waals surface area (Å²) in [6.45, 7) is 0.689. The van der Waals surface area contributed by atoms with Crippen LogP contribution in [0.3, 0.4) is 0 Å². The van der Waals surface area contributed by atoms with E-state index in [0.29, 0.717) is 6.61 Å². The molecule has 2 unspecified atom stereocenters. The molecular formula is C18H19N3O2. The summed E-state index contributed by atoms with van der Waals surface area (Å²) >= 11 is 0. The van der Waals surface area contributed by atoms with Gasteiger partial charge in [0, 0.05) is 19.1 Å². The molecule has 1 aromatic heterocycles. The Morgan fingerprint density at radius 1 is 1.17 bits per heavy atom. The summed E-state index contributed by atoms with van der Waals surface area (Å²) in [5.41, 5.74) is 1.99. The van der Waals surface area contributed by atoms with Crippen molar-refractivity contribution in [1.82, 2.24) is 15.0 Å². The molecule has 2 aromatic carbocycles. The third kappa shape index (κ3) is 2.85. The van der Waals surface area contributed by atoms with E-state index in [-0.39, 0.29) is 12.3 Å². The van der Waals surface area contributed by atoms with Crippen LogP contribution in [-0.2, 0) is 9.47 Å². The summed E-state index contributed by atoms with van der Waals surface area (Å²) in [7, 11) is 1.68. The summed E-state index contributed by atoms with van der Waals surface area (Å²) in [6.07, 6.45) is 3.60. The maximum absolute atomic E-state index is 5.53. The van der Waals surface area contributed by atoms with E-state index in [9.17, 15) is 0 Å². The molecule has 1 aliphatic rings. The van der Waals surface area contributed by atoms with E-state index in [1.807, 2.05) is 10.9 Å². The molecule has 5 heteroatoms. The zero-order valence-corrected chi connectivity index (χ0v) is 13.1. The Morgan fingerprint density at radius 2 is 2.04 bits per heavy atom. The average molecular weight is 309 g/mol. The van der Waals surface area contributed by atoms with Crippen LogP contribution in [0.2, 0.25) is 0 Å². The van der Waals surface area contributed by atoms with E-state index in [4.69, 9.17) is 9.47 Å². The molecule has 0 spiro atoms. The molecule has 0 N–H and O–H groups in total. The standard InChI is InChI=1S/C18H19N3O2/c1-22-18-11-16(8-9-23-18)21-12-17(19-20-21)15-7-6-13-4-2-3-5-14(13)10-15/h2-7,10,12,16,18H,8-9,11H2,1H3. The Hall–Kier alpha value is -2.24. The molecular weight excluding hydrogens is 290 g/mol. The van der Waals surface area contributed by atoms with Crippen molar-refractivity contribution in [2.75, 3.05) is 13.7 Å². The van der Waals surface area contributed by atoms with Crippen LogP contribution in [0.15, 0.2) is 48.7 Å². The lowest BCUT2D eigenvalue weighted by atomic mass is 10.1. The van der Waals surface area contributed by atoms with Gasteiger partial charge in [-0.25, -0.2) is 4.68 Å². The first kappa shape index (κ1) is 14.4. The fourth-order valence-corrected chi connectivity index (χ4v) is 3.08. The molecule has 2 atom stereocenters. The largest absolute Gasteiger partial charge is 0.356 e. The maximum atomic E-state index is 5.53. The molecule has 0 amide bonds. The second-order valence-electron chi connectivity index (χ2n) is 5.86. The van der Waals surface area contributed by atoms with Crippen LogP contribution in [0.25, 0.3) is 22.0 Å². The number of nitrogens with zero attached hydrogens (tertiary/aromatic N) is 3. The average Bonchev–Trinajstić information content (AvgIpc) is 3.11. The predicted molar refractivity (Wildman–Crippen MR) is 88.0 cm³/mol. The zero-order chi connectivity index (χ0) is 15.6. The SMILES string of the molecule is COC1CC(n2cc(-c3ccc4ccccc4c3)nn2)CCO1. The highest BCUT2D eigenvalue weighted by molar-refractivity contribution is 5.86. The van der Waals surface area contributed by atoms with Gasteiger partial charge in [0.05, 0.1) is 18.8 Å². The Labute approximate surface area is 134 Å². The number of hydrogen-bond acceptors (Lipinski definition) is 4. The summed E-state index contributed by atoms with van der Waals surface area (Å²) in [4.78, 5) is 0. The van der Waals surface area contributed by atoms with E-state index >= 15 is 0 Å². The summed E-state index contributed by atoms with van der Waals surface area (Å²) in [6, 6.07) is 15.0. The summed E-state index contributed by atoms with van der Waals surface area (Å²) in [5, 5.41) is 11.1. The van der Waals surface area contributed by atoms with Gasteiger partial charge in [-0.05, 0) is 23.3 Å². The highest BCUT2D eigenvalue weighted by Gasteiger charge is 2.24. The first-order chi connectivity index (χ1) is 11.3. The van der Waals surface area contributed by atoms with Gasteiger partial charge in [0.25, 0.3) is 0 Å². The van der Waals surface area contributed by atoms with Gasteiger partial charge in [0.2, 0.25) is 0 Å². The van der Waals surface area contributed by atoms with Gasteiger partial charge in [0.15, 0.2) is 6.29 Å². The van der Waals surface area contributed by atoms with Gasteiger partial charge in [0.1, 0.15) is 5.69 Å². The van der Waals surface area contributed by atoms with Crippen LogP contribution in [0.4, 0.5) is 0 Å². The van der Waals surface area contributed by atoms with Crippen molar-refractivity contribution in [1.29, 1.82) is 0 Å². The van der Waals surface area contributed by atoms with Crippen molar-refractivity contribution in [3.8, 4) is 11.3 Å². The minimum absolute atomic E-state index is 0.151. The minimum Gasteiger partial charge on any atom is -0.356 e. The molecule has 2 heterocycles. The number of benzene rings is 2. The van der Waals surface area contributed by atoms with Gasteiger partial charge in [-0.3, -0.25) is 0 Å². The number of aromatic nitrogens is 3. The molecule has 0 radical (unpaired) electrons. The second kappa shape index (κ2) is 6.10. The molecule has 0 saturated carbocycles. The Bertz CT molecular complexity index is 815. The molecule has 23 heavy (non-hydrogen) atoms. The number of hydrogen-bond donors (Lipinski definition) is 0. The van der Waals surface area contributed by atoms with Crippen molar-refractivity contribution < 1.29 is 9.47 Å². The normalized spacial score (nSPS) is 21.6. The molecule has 3 aromatic rings. The lowest BCUT2D eigenvalue weighted by molar-refractivity contribution is -0.157. The summed E-state index contributed by atoms with van der Waals surface area (Å²) in [5.74, 6) is 0. The third-order valence-corrected chi connectivity index (χ3v) is 4.41. The molecule has 5 nitrogen and oxygen atoms in total. The fraction of sp³-hybridized carbons (Fsp3) is 0.333. The fourth-order valence-electron chi connectivity index (χ4n) is 3.08. The van der Waals surface area contributed by atoms with Gasteiger partial charge >= 0.3 is 0 Å². The molecule has 0 bridgehead atoms. The number of ether oxygens (including phenoxy) is 2. The van der Waals surface area contributed by atoms with Gasteiger partial charge in [-0.15, -0.1) is 5.10 Å². The smallest absolute Gasteiger partial charge is 0.159 e. The minimum atomic E-state index is -0.151. The zero-order valence-electron chi connectivity index (χ0n) is 13.1. The highest BCUT2D eigenvalue weighted by atomic mass is 16.7. The van der Waals surface area contributed by atoms with E-state index < -0.39 is 0 Å². The van der Waals surface area contributed by atoms with E-state index in [0.717, 1.165) is 24.1 Å². The first-order valence-electron chi connectivity index (χ1n) is 7.89. The second-order valence-corrected chi connectivity index (χ2v) is 5.86. The van der Waals surface area contributed by atoms with Crippen molar-refractivity contribution in [2.45, 2.75) is 25.2 Å². The van der Waals surface area contributed by atoms with Crippen molar-refractivity contribution in [2.24, 2.45) is 0 Å². The van der Waals surface area contributed by atoms with Crippen molar-refractivity contribution in [3.05, 3.63) is 48.7 Å². The predicted octanol–water partition coefficient (Wildman–Crippen LogP) is 3.42. The van der Waals surface area contributed by atoms with Crippen LogP contribution >= 0.6 is 0 Å². The van der Waals surface area contributed by atoms with E-state index in [1.165, 1.54) is 10.8 Å². The monoisotopic (exact) mass is 309 g/mol. The molecule has 118 valence electrons. The van der Waals surface area contributed by atoms with Crippen LogP contribution in [-0.4, -0.2) is 35.0 Å². The Kier molecular flexibility index (Phi) is 3.81. The van der Waals surface area contributed by atoms with Crippen LogP contribution in [0.5, 0.6) is 0 Å². The van der Waals surface area contributed by atoms with Gasteiger partial charge in [-0.1, -0.05) is 41.6 Å². The first-order valence-corrected chi connectivity index (χ1v) is 7.89. The summed E-state index contributed by atoms with van der Waals surface area (Å²) < 4.78 is 12.8. The molecule has 1 aliphatic heterocycles.